The van der Waals surface area contributed by atoms with Gasteiger partial charge in [0.1, 0.15) is 22.8 Å². The number of phenolic OH excluding ortho intramolecular Hbond substituents is 2. The molecule has 0 fully saturated rings. The maximum absolute atomic E-state index is 10.0. The zero-order valence-corrected chi connectivity index (χ0v) is 13.0. The van der Waals surface area contributed by atoms with Gasteiger partial charge in [0.05, 0.1) is 0 Å². The molecule has 0 spiro atoms. The smallest absolute Gasteiger partial charge is 0.143 e. The molecule has 0 atom stereocenters. The molecule has 0 radical (unpaired) electrons. The number of aromatic hydroxyl groups is 2. The molecule has 0 saturated carbocycles. The van der Waals surface area contributed by atoms with Crippen LogP contribution in [0.3, 0.4) is 0 Å². The van der Waals surface area contributed by atoms with Crippen molar-refractivity contribution in [3.63, 3.8) is 0 Å². The largest absolute Gasteiger partial charge is 0.508 e. The van der Waals surface area contributed by atoms with Gasteiger partial charge in [0.25, 0.3) is 0 Å². The van der Waals surface area contributed by atoms with Crippen molar-refractivity contribution in [2.45, 2.75) is 6.92 Å². The highest BCUT2D eigenvalue weighted by atomic mass is 16.3. The molecule has 24 heavy (non-hydrogen) atoms. The summed E-state index contributed by atoms with van der Waals surface area (Å²) >= 11 is 0. The number of benzene rings is 2. The van der Waals surface area contributed by atoms with E-state index in [2.05, 4.69) is 4.98 Å². The van der Waals surface area contributed by atoms with Gasteiger partial charge in [-0.1, -0.05) is 0 Å². The second-order valence-corrected chi connectivity index (χ2v) is 5.73. The molecule has 0 unspecified atom stereocenters. The third-order valence-electron chi connectivity index (χ3n) is 4.06. The highest BCUT2D eigenvalue weighted by Gasteiger charge is 2.19. The molecular weight excluding hydrogens is 302 g/mol. The van der Waals surface area contributed by atoms with Crippen molar-refractivity contribution in [1.82, 2.24) is 4.98 Å². The summed E-state index contributed by atoms with van der Waals surface area (Å²) in [6, 6.07) is 14.1. The van der Waals surface area contributed by atoms with Crippen LogP contribution in [0.15, 0.2) is 65.3 Å². The monoisotopic (exact) mass is 317 g/mol. The van der Waals surface area contributed by atoms with Crippen molar-refractivity contribution < 1.29 is 14.6 Å². The van der Waals surface area contributed by atoms with E-state index in [9.17, 15) is 10.2 Å². The third kappa shape index (κ3) is 2.29. The van der Waals surface area contributed by atoms with Gasteiger partial charge in [-0.15, -0.1) is 0 Å². The molecule has 0 aliphatic heterocycles. The molecule has 0 bridgehead atoms. The van der Waals surface area contributed by atoms with Crippen molar-refractivity contribution in [2.24, 2.45) is 0 Å². The Morgan fingerprint density at radius 1 is 0.833 bits per heavy atom. The van der Waals surface area contributed by atoms with Gasteiger partial charge in [0.15, 0.2) is 0 Å². The highest BCUT2D eigenvalue weighted by molar-refractivity contribution is 6.03. The summed E-state index contributed by atoms with van der Waals surface area (Å²) in [4.78, 5) is 4.07. The topological polar surface area (TPSA) is 66.5 Å². The predicted molar refractivity (Wildman–Crippen MR) is 92.9 cm³/mol. The minimum Gasteiger partial charge on any atom is -0.508 e. The number of fused-ring (bicyclic) bond motifs is 1. The fourth-order valence-electron chi connectivity index (χ4n) is 2.97. The molecular formula is C20H15NO3. The number of hydrogen-bond acceptors (Lipinski definition) is 4. The molecule has 0 aliphatic rings. The van der Waals surface area contributed by atoms with Crippen molar-refractivity contribution in [2.75, 3.05) is 0 Å². The molecule has 2 aromatic heterocycles. The number of aromatic nitrogens is 1. The van der Waals surface area contributed by atoms with Gasteiger partial charge in [-0.2, -0.15) is 0 Å². The minimum atomic E-state index is 0.202. The number of nitrogens with zero attached hydrogens (tertiary/aromatic N) is 1. The van der Waals surface area contributed by atoms with Crippen LogP contribution in [0, 0.1) is 6.92 Å². The van der Waals surface area contributed by atoms with Crippen LogP contribution in [-0.4, -0.2) is 15.2 Å². The summed E-state index contributed by atoms with van der Waals surface area (Å²) in [7, 11) is 0. The van der Waals surface area contributed by atoms with Gasteiger partial charge < -0.3 is 14.6 Å². The lowest BCUT2D eigenvalue weighted by atomic mass is 9.98. The van der Waals surface area contributed by atoms with Crippen LogP contribution < -0.4 is 0 Å². The SMILES string of the molecule is Cc1cc(O)cc2c(-c3ccncc3)c(-c3ccc(O)cc3)oc12. The lowest BCUT2D eigenvalue weighted by Gasteiger charge is -2.04. The van der Waals surface area contributed by atoms with E-state index < -0.39 is 0 Å². The molecule has 4 heteroatoms. The zero-order chi connectivity index (χ0) is 16.7. The van der Waals surface area contributed by atoms with E-state index in [-0.39, 0.29) is 11.5 Å². The lowest BCUT2D eigenvalue weighted by Crippen LogP contribution is -1.82. The van der Waals surface area contributed by atoms with Gasteiger partial charge in [-0.3, -0.25) is 4.98 Å². The van der Waals surface area contributed by atoms with E-state index in [0.29, 0.717) is 5.76 Å². The van der Waals surface area contributed by atoms with E-state index in [1.807, 2.05) is 31.2 Å². The Bertz CT molecular complexity index is 1020. The Morgan fingerprint density at radius 2 is 1.54 bits per heavy atom. The average molecular weight is 317 g/mol. The number of rotatable bonds is 2. The van der Waals surface area contributed by atoms with E-state index in [0.717, 1.165) is 33.2 Å². The number of pyridine rings is 1. The van der Waals surface area contributed by atoms with Crippen LogP contribution in [0.5, 0.6) is 11.5 Å². The van der Waals surface area contributed by atoms with Crippen LogP contribution in [0.2, 0.25) is 0 Å². The standard InChI is InChI=1S/C20H15NO3/c1-12-10-16(23)11-17-18(13-6-8-21-9-7-13)20(24-19(12)17)14-2-4-15(22)5-3-14/h2-11,22-23H,1H3. The Kier molecular flexibility index (Phi) is 3.24. The Balaban J connectivity index is 2.09. The van der Waals surface area contributed by atoms with Gasteiger partial charge in [0.2, 0.25) is 0 Å². The first-order valence-corrected chi connectivity index (χ1v) is 7.59. The maximum atomic E-state index is 10.0. The quantitative estimate of drug-likeness (QED) is 0.553. The van der Waals surface area contributed by atoms with Gasteiger partial charge in [-0.05, 0) is 66.6 Å². The molecule has 4 rings (SSSR count). The van der Waals surface area contributed by atoms with Gasteiger partial charge in [0, 0.05) is 28.9 Å². The molecule has 0 aliphatic carbocycles. The van der Waals surface area contributed by atoms with E-state index in [1.165, 1.54) is 0 Å². The Hall–Kier alpha value is -3.27. The average Bonchev–Trinajstić information content (AvgIpc) is 2.96. The Morgan fingerprint density at radius 3 is 2.25 bits per heavy atom. The highest BCUT2D eigenvalue weighted by Crippen LogP contribution is 2.43. The summed E-state index contributed by atoms with van der Waals surface area (Å²) in [6.45, 7) is 1.91. The molecule has 0 saturated heterocycles. The molecule has 0 amide bonds. The van der Waals surface area contributed by atoms with Crippen LogP contribution in [0.25, 0.3) is 33.4 Å². The summed E-state index contributed by atoms with van der Waals surface area (Å²) < 4.78 is 6.15. The van der Waals surface area contributed by atoms with E-state index in [1.54, 1.807) is 36.7 Å². The van der Waals surface area contributed by atoms with Crippen molar-refractivity contribution in [1.29, 1.82) is 0 Å². The number of furan rings is 1. The van der Waals surface area contributed by atoms with E-state index in [4.69, 9.17) is 4.42 Å². The van der Waals surface area contributed by atoms with Crippen molar-refractivity contribution >= 4 is 11.0 Å². The van der Waals surface area contributed by atoms with Gasteiger partial charge in [-0.25, -0.2) is 0 Å². The molecule has 2 aromatic carbocycles. The second-order valence-electron chi connectivity index (χ2n) is 5.73. The summed E-state index contributed by atoms with van der Waals surface area (Å²) in [5.74, 6) is 1.10. The van der Waals surface area contributed by atoms with Crippen molar-refractivity contribution in [3.05, 3.63) is 66.5 Å². The molecule has 2 heterocycles. The van der Waals surface area contributed by atoms with Gasteiger partial charge >= 0.3 is 0 Å². The summed E-state index contributed by atoms with van der Waals surface area (Å²) in [5.41, 5.74) is 4.32. The number of hydrogen-bond donors (Lipinski definition) is 2. The van der Waals surface area contributed by atoms with Crippen LogP contribution in [0.1, 0.15) is 5.56 Å². The lowest BCUT2D eigenvalue weighted by molar-refractivity contribution is 0.474. The third-order valence-corrected chi connectivity index (χ3v) is 4.06. The first kappa shape index (κ1) is 14.3. The number of phenols is 2. The first-order valence-electron chi connectivity index (χ1n) is 7.59. The predicted octanol–water partition coefficient (Wildman–Crippen LogP) is 4.88. The van der Waals surface area contributed by atoms with Crippen molar-refractivity contribution in [3.8, 4) is 33.9 Å². The molecule has 118 valence electrons. The van der Waals surface area contributed by atoms with E-state index >= 15 is 0 Å². The fourth-order valence-corrected chi connectivity index (χ4v) is 2.97. The zero-order valence-electron chi connectivity index (χ0n) is 13.0. The van der Waals surface area contributed by atoms with Crippen LogP contribution in [0.4, 0.5) is 0 Å². The molecule has 4 aromatic rings. The Labute approximate surface area is 138 Å². The summed E-state index contributed by atoms with van der Waals surface area (Å²) in [6.07, 6.45) is 3.45. The maximum Gasteiger partial charge on any atom is 0.143 e. The molecule has 2 N–H and O–H groups in total. The fraction of sp³-hybridized carbons (Fsp3) is 0.0500. The number of aryl methyl sites for hydroxylation is 1. The second kappa shape index (κ2) is 5.42. The van der Waals surface area contributed by atoms with Crippen LogP contribution >= 0.6 is 0 Å². The van der Waals surface area contributed by atoms with Crippen LogP contribution in [-0.2, 0) is 0 Å². The first-order chi connectivity index (χ1) is 11.6. The molecule has 4 nitrogen and oxygen atoms in total. The minimum absolute atomic E-state index is 0.202. The normalized spacial score (nSPS) is 11.0. The summed E-state index contributed by atoms with van der Waals surface area (Å²) in [5, 5.41) is 20.4.